The standard InChI is InChI=1S/C12H14Br2N2O.ClH/c13-8-3-4-10(11(14)6-8)12(17)16-5-1-2-9(16)7-15;/h3-4,6,9H,1-2,5,7,15H2;1H. The second kappa shape index (κ2) is 6.89. The minimum atomic E-state index is 0. The number of nitrogens with two attached hydrogens (primary N) is 1. The summed E-state index contributed by atoms with van der Waals surface area (Å²) >= 11 is 6.81. The SMILES string of the molecule is Cl.NCC1CCCN1C(=O)c1ccc(Br)cc1Br. The number of hydrogen-bond acceptors (Lipinski definition) is 2. The molecule has 1 saturated heterocycles. The molecule has 1 aromatic rings. The van der Waals surface area contributed by atoms with Crippen LogP contribution in [0.1, 0.15) is 23.2 Å². The highest BCUT2D eigenvalue weighted by atomic mass is 79.9. The first kappa shape index (κ1) is 16.0. The fourth-order valence-corrected chi connectivity index (χ4v) is 3.38. The van der Waals surface area contributed by atoms with Gasteiger partial charge in [-0.3, -0.25) is 4.79 Å². The number of halogens is 3. The molecule has 1 fully saturated rings. The number of amides is 1. The van der Waals surface area contributed by atoms with Crippen LogP contribution < -0.4 is 5.73 Å². The first-order chi connectivity index (χ1) is 8.13. The number of benzene rings is 1. The molecule has 0 radical (unpaired) electrons. The molecule has 1 atom stereocenters. The van der Waals surface area contributed by atoms with Crippen LogP contribution in [0.2, 0.25) is 0 Å². The van der Waals surface area contributed by atoms with Gasteiger partial charge in [-0.15, -0.1) is 12.4 Å². The van der Waals surface area contributed by atoms with Crippen molar-refractivity contribution in [1.29, 1.82) is 0 Å². The summed E-state index contributed by atoms with van der Waals surface area (Å²) in [4.78, 5) is 14.3. The molecular weight excluding hydrogens is 383 g/mol. The summed E-state index contributed by atoms with van der Waals surface area (Å²) in [5.74, 6) is 0.0670. The molecule has 1 unspecified atom stereocenters. The zero-order valence-electron chi connectivity index (χ0n) is 9.73. The molecule has 1 aliphatic heterocycles. The van der Waals surface area contributed by atoms with Crippen LogP contribution >= 0.6 is 44.3 Å². The Morgan fingerprint density at radius 2 is 2.17 bits per heavy atom. The third-order valence-electron chi connectivity index (χ3n) is 3.07. The van der Waals surface area contributed by atoms with Gasteiger partial charge in [0, 0.05) is 28.1 Å². The normalized spacial score (nSPS) is 18.6. The number of carbonyl (C=O) groups is 1. The van der Waals surface area contributed by atoms with E-state index in [0.717, 1.165) is 28.3 Å². The fraction of sp³-hybridized carbons (Fsp3) is 0.417. The Balaban J connectivity index is 0.00000162. The Labute approximate surface area is 130 Å². The fourth-order valence-electron chi connectivity index (χ4n) is 2.17. The highest BCUT2D eigenvalue weighted by Crippen LogP contribution is 2.26. The summed E-state index contributed by atoms with van der Waals surface area (Å²) in [6, 6.07) is 5.80. The quantitative estimate of drug-likeness (QED) is 0.832. The number of hydrogen-bond donors (Lipinski definition) is 1. The van der Waals surface area contributed by atoms with Gasteiger partial charge >= 0.3 is 0 Å². The van der Waals surface area contributed by atoms with Crippen molar-refractivity contribution in [3.8, 4) is 0 Å². The summed E-state index contributed by atoms with van der Waals surface area (Å²) < 4.78 is 1.78. The van der Waals surface area contributed by atoms with Crippen molar-refractivity contribution in [1.82, 2.24) is 4.90 Å². The van der Waals surface area contributed by atoms with E-state index in [4.69, 9.17) is 5.73 Å². The lowest BCUT2D eigenvalue weighted by Gasteiger charge is -2.24. The molecule has 1 aromatic carbocycles. The Hall–Kier alpha value is -0.100. The van der Waals surface area contributed by atoms with Crippen molar-refractivity contribution >= 4 is 50.2 Å². The molecule has 2 rings (SSSR count). The number of likely N-dealkylation sites (tertiary alicyclic amines) is 1. The van der Waals surface area contributed by atoms with Crippen LogP contribution in [0.4, 0.5) is 0 Å². The van der Waals surface area contributed by atoms with E-state index in [0.29, 0.717) is 12.1 Å². The molecule has 0 saturated carbocycles. The molecule has 0 spiro atoms. The van der Waals surface area contributed by atoms with Crippen molar-refractivity contribution in [2.75, 3.05) is 13.1 Å². The summed E-state index contributed by atoms with van der Waals surface area (Å²) in [6.07, 6.45) is 2.05. The second-order valence-corrected chi connectivity index (χ2v) is 5.92. The number of rotatable bonds is 2. The van der Waals surface area contributed by atoms with Gasteiger partial charge in [-0.2, -0.15) is 0 Å². The lowest BCUT2D eigenvalue weighted by molar-refractivity contribution is 0.0740. The molecule has 0 aliphatic carbocycles. The van der Waals surface area contributed by atoms with Crippen LogP contribution in [0.3, 0.4) is 0 Å². The predicted octanol–water partition coefficient (Wildman–Crippen LogP) is 3.20. The first-order valence-corrected chi connectivity index (χ1v) is 7.18. The molecular formula is C12H15Br2ClN2O. The predicted molar refractivity (Wildman–Crippen MR) is 82.2 cm³/mol. The summed E-state index contributed by atoms with van der Waals surface area (Å²) in [5, 5.41) is 0. The highest BCUT2D eigenvalue weighted by Gasteiger charge is 2.29. The molecule has 100 valence electrons. The van der Waals surface area contributed by atoms with Gasteiger partial charge in [0.25, 0.3) is 5.91 Å². The molecule has 0 bridgehead atoms. The van der Waals surface area contributed by atoms with Gasteiger partial charge in [0.05, 0.1) is 5.56 Å². The lowest BCUT2D eigenvalue weighted by Crippen LogP contribution is -2.40. The van der Waals surface area contributed by atoms with Crippen LogP contribution in [0.25, 0.3) is 0 Å². The third kappa shape index (κ3) is 3.26. The Bertz CT molecular complexity index is 442. The molecule has 1 aliphatic rings. The number of nitrogens with zero attached hydrogens (tertiary/aromatic N) is 1. The van der Waals surface area contributed by atoms with Crippen molar-refractivity contribution < 1.29 is 4.79 Å². The lowest BCUT2D eigenvalue weighted by atomic mass is 10.1. The third-order valence-corrected chi connectivity index (χ3v) is 4.22. The topological polar surface area (TPSA) is 46.3 Å². The van der Waals surface area contributed by atoms with Gasteiger partial charge < -0.3 is 10.6 Å². The van der Waals surface area contributed by atoms with Crippen LogP contribution in [-0.2, 0) is 0 Å². The van der Waals surface area contributed by atoms with Crippen molar-refractivity contribution in [2.45, 2.75) is 18.9 Å². The molecule has 6 heteroatoms. The van der Waals surface area contributed by atoms with Crippen LogP contribution in [-0.4, -0.2) is 29.9 Å². The minimum Gasteiger partial charge on any atom is -0.334 e. The Morgan fingerprint density at radius 3 is 2.78 bits per heavy atom. The molecule has 3 nitrogen and oxygen atoms in total. The van der Waals surface area contributed by atoms with E-state index in [1.807, 2.05) is 23.1 Å². The highest BCUT2D eigenvalue weighted by molar-refractivity contribution is 9.11. The zero-order chi connectivity index (χ0) is 12.4. The van der Waals surface area contributed by atoms with Gasteiger partial charge in [-0.05, 0) is 47.0 Å². The molecule has 1 heterocycles. The average molecular weight is 399 g/mol. The monoisotopic (exact) mass is 396 g/mol. The molecule has 0 aromatic heterocycles. The molecule has 18 heavy (non-hydrogen) atoms. The van der Waals surface area contributed by atoms with E-state index < -0.39 is 0 Å². The first-order valence-electron chi connectivity index (χ1n) is 5.59. The Kier molecular flexibility index (Phi) is 6.11. The average Bonchev–Trinajstić information content (AvgIpc) is 2.76. The van der Waals surface area contributed by atoms with Crippen molar-refractivity contribution in [2.24, 2.45) is 5.73 Å². The van der Waals surface area contributed by atoms with Crippen LogP contribution in [0.5, 0.6) is 0 Å². The van der Waals surface area contributed by atoms with E-state index in [1.54, 1.807) is 0 Å². The maximum atomic E-state index is 12.4. The maximum absolute atomic E-state index is 12.4. The van der Waals surface area contributed by atoms with Gasteiger partial charge in [0.1, 0.15) is 0 Å². The smallest absolute Gasteiger partial charge is 0.255 e. The zero-order valence-corrected chi connectivity index (χ0v) is 13.7. The van der Waals surface area contributed by atoms with Crippen LogP contribution in [0.15, 0.2) is 27.1 Å². The summed E-state index contributed by atoms with van der Waals surface area (Å²) in [6.45, 7) is 1.35. The second-order valence-electron chi connectivity index (χ2n) is 4.15. The van der Waals surface area contributed by atoms with E-state index >= 15 is 0 Å². The van der Waals surface area contributed by atoms with Gasteiger partial charge in [0.15, 0.2) is 0 Å². The number of carbonyl (C=O) groups excluding carboxylic acids is 1. The van der Waals surface area contributed by atoms with E-state index in [2.05, 4.69) is 31.9 Å². The van der Waals surface area contributed by atoms with Gasteiger partial charge in [-0.1, -0.05) is 15.9 Å². The van der Waals surface area contributed by atoms with E-state index in [9.17, 15) is 4.79 Å². The Morgan fingerprint density at radius 1 is 1.44 bits per heavy atom. The summed E-state index contributed by atoms with van der Waals surface area (Å²) in [5.41, 5.74) is 6.39. The van der Waals surface area contributed by atoms with Crippen molar-refractivity contribution in [3.05, 3.63) is 32.7 Å². The van der Waals surface area contributed by atoms with E-state index in [1.165, 1.54) is 0 Å². The van der Waals surface area contributed by atoms with Crippen LogP contribution in [0, 0.1) is 0 Å². The summed E-state index contributed by atoms with van der Waals surface area (Å²) in [7, 11) is 0. The molecule has 2 N–H and O–H groups in total. The van der Waals surface area contributed by atoms with Gasteiger partial charge in [0.2, 0.25) is 0 Å². The largest absolute Gasteiger partial charge is 0.334 e. The minimum absolute atomic E-state index is 0. The van der Waals surface area contributed by atoms with Crippen molar-refractivity contribution in [3.63, 3.8) is 0 Å². The van der Waals surface area contributed by atoms with Gasteiger partial charge in [-0.25, -0.2) is 0 Å². The maximum Gasteiger partial charge on any atom is 0.255 e. The van der Waals surface area contributed by atoms with E-state index in [-0.39, 0.29) is 24.4 Å². The molecule has 1 amide bonds.